The molecule has 0 saturated carbocycles. The Morgan fingerprint density at radius 3 is 2.35 bits per heavy atom. The van der Waals surface area contributed by atoms with Crippen molar-refractivity contribution in [2.45, 2.75) is 39.5 Å². The second-order valence-corrected chi connectivity index (χ2v) is 5.16. The number of ether oxygens (including phenoxy) is 1. The van der Waals surface area contributed by atoms with E-state index in [4.69, 9.17) is 4.74 Å². The molecule has 0 fully saturated rings. The maximum Gasteiger partial charge on any atom is 0.119 e. The lowest BCUT2D eigenvalue weighted by molar-refractivity contribution is 0.255. The van der Waals surface area contributed by atoms with E-state index in [0.29, 0.717) is 5.92 Å². The molecule has 1 atom stereocenters. The highest BCUT2D eigenvalue weighted by molar-refractivity contribution is 9.09. The van der Waals surface area contributed by atoms with E-state index >= 15 is 0 Å². The minimum atomic E-state index is 0.621. The molecule has 0 aromatic heterocycles. The third-order valence-electron chi connectivity index (χ3n) is 2.86. The largest absolute Gasteiger partial charge is 0.493 e. The van der Waals surface area contributed by atoms with E-state index in [9.17, 15) is 0 Å². The van der Waals surface area contributed by atoms with Crippen molar-refractivity contribution in [3.05, 3.63) is 29.8 Å². The fourth-order valence-electron chi connectivity index (χ4n) is 1.87. The molecule has 2 heteroatoms. The van der Waals surface area contributed by atoms with Gasteiger partial charge in [0, 0.05) is 11.2 Å². The minimum absolute atomic E-state index is 0.621. The molecule has 0 radical (unpaired) electrons. The molecule has 1 aromatic rings. The van der Waals surface area contributed by atoms with Gasteiger partial charge in [0.2, 0.25) is 0 Å². The predicted octanol–water partition coefficient (Wildman–Crippen LogP) is 4.83. The Morgan fingerprint density at radius 1 is 1.12 bits per heavy atom. The Bertz CT molecular complexity index is 294. The van der Waals surface area contributed by atoms with E-state index in [2.05, 4.69) is 54.0 Å². The van der Waals surface area contributed by atoms with Gasteiger partial charge < -0.3 is 4.74 Å². The van der Waals surface area contributed by atoms with E-state index in [-0.39, 0.29) is 0 Å². The summed E-state index contributed by atoms with van der Waals surface area (Å²) in [6.07, 6.45) is 4.79. The summed E-state index contributed by atoms with van der Waals surface area (Å²) in [4.78, 5) is 0. The summed E-state index contributed by atoms with van der Waals surface area (Å²) in [7, 11) is 0. The standard InChI is InChI=1S/C15H23BrO/c1-3-5-13-7-9-15(10-8-13)17-12-14(11-16)6-4-2/h7-10,14H,3-6,11-12H2,1-2H3. The first-order valence-electron chi connectivity index (χ1n) is 6.57. The monoisotopic (exact) mass is 298 g/mol. The van der Waals surface area contributed by atoms with Crippen molar-refractivity contribution < 1.29 is 4.74 Å². The molecule has 0 heterocycles. The number of aryl methyl sites for hydroxylation is 1. The van der Waals surface area contributed by atoms with E-state index in [1.54, 1.807) is 0 Å². The van der Waals surface area contributed by atoms with Gasteiger partial charge in [0.15, 0.2) is 0 Å². The van der Waals surface area contributed by atoms with Crippen molar-refractivity contribution in [1.29, 1.82) is 0 Å². The molecule has 0 N–H and O–H groups in total. The first-order chi connectivity index (χ1) is 8.30. The highest BCUT2D eigenvalue weighted by Crippen LogP contribution is 2.16. The fourth-order valence-corrected chi connectivity index (χ4v) is 2.38. The van der Waals surface area contributed by atoms with Gasteiger partial charge in [0.05, 0.1) is 6.61 Å². The maximum atomic E-state index is 5.81. The van der Waals surface area contributed by atoms with Crippen LogP contribution in [0.15, 0.2) is 24.3 Å². The van der Waals surface area contributed by atoms with Crippen LogP contribution in [-0.4, -0.2) is 11.9 Å². The number of alkyl halides is 1. The zero-order valence-corrected chi connectivity index (χ0v) is 12.5. The molecule has 0 aliphatic heterocycles. The van der Waals surface area contributed by atoms with Crippen molar-refractivity contribution in [1.82, 2.24) is 0 Å². The van der Waals surface area contributed by atoms with Gasteiger partial charge in [-0.05, 0) is 30.5 Å². The number of benzene rings is 1. The zero-order chi connectivity index (χ0) is 12.5. The van der Waals surface area contributed by atoms with Crippen LogP contribution in [0.25, 0.3) is 0 Å². The molecule has 17 heavy (non-hydrogen) atoms. The van der Waals surface area contributed by atoms with Gasteiger partial charge in [-0.25, -0.2) is 0 Å². The Balaban J connectivity index is 2.40. The smallest absolute Gasteiger partial charge is 0.119 e. The SMILES string of the molecule is CCCc1ccc(OCC(CBr)CCC)cc1. The first-order valence-corrected chi connectivity index (χ1v) is 7.70. The molecule has 0 spiro atoms. The van der Waals surface area contributed by atoms with Crippen LogP contribution in [-0.2, 0) is 6.42 Å². The summed E-state index contributed by atoms with van der Waals surface area (Å²) in [5.74, 6) is 1.61. The van der Waals surface area contributed by atoms with Crippen molar-refractivity contribution in [2.24, 2.45) is 5.92 Å². The number of hydrogen-bond acceptors (Lipinski definition) is 1. The Hall–Kier alpha value is -0.500. The summed E-state index contributed by atoms with van der Waals surface area (Å²) < 4.78 is 5.81. The van der Waals surface area contributed by atoms with E-state index in [1.165, 1.54) is 24.8 Å². The average molecular weight is 299 g/mol. The van der Waals surface area contributed by atoms with Gasteiger partial charge >= 0.3 is 0 Å². The molecule has 1 rings (SSSR count). The Morgan fingerprint density at radius 2 is 1.82 bits per heavy atom. The van der Waals surface area contributed by atoms with Crippen molar-refractivity contribution in [2.75, 3.05) is 11.9 Å². The molecule has 0 bridgehead atoms. The predicted molar refractivity (Wildman–Crippen MR) is 78.1 cm³/mol. The van der Waals surface area contributed by atoms with Gasteiger partial charge in [-0.1, -0.05) is 54.8 Å². The lowest BCUT2D eigenvalue weighted by Crippen LogP contribution is -2.13. The van der Waals surface area contributed by atoms with Crippen molar-refractivity contribution in [3.8, 4) is 5.75 Å². The van der Waals surface area contributed by atoms with E-state index < -0.39 is 0 Å². The number of hydrogen-bond donors (Lipinski definition) is 0. The molecule has 1 nitrogen and oxygen atoms in total. The third kappa shape index (κ3) is 5.58. The number of rotatable bonds is 8. The summed E-state index contributed by atoms with van der Waals surface area (Å²) in [5.41, 5.74) is 1.39. The van der Waals surface area contributed by atoms with Gasteiger partial charge in [-0.2, -0.15) is 0 Å². The quantitative estimate of drug-likeness (QED) is 0.625. The molecule has 1 unspecified atom stereocenters. The Labute approximate surface area is 114 Å². The van der Waals surface area contributed by atoms with Crippen LogP contribution in [0, 0.1) is 5.92 Å². The molecule has 96 valence electrons. The van der Waals surface area contributed by atoms with Crippen molar-refractivity contribution >= 4 is 15.9 Å². The van der Waals surface area contributed by atoms with E-state index in [1.807, 2.05) is 0 Å². The van der Waals surface area contributed by atoms with E-state index in [0.717, 1.165) is 24.1 Å². The van der Waals surface area contributed by atoms with Crippen LogP contribution >= 0.6 is 15.9 Å². The van der Waals surface area contributed by atoms with Crippen LogP contribution in [0.2, 0.25) is 0 Å². The maximum absolute atomic E-state index is 5.81. The molecule has 0 aliphatic rings. The lowest BCUT2D eigenvalue weighted by Gasteiger charge is -2.14. The van der Waals surface area contributed by atoms with Crippen LogP contribution in [0.5, 0.6) is 5.75 Å². The molecular weight excluding hydrogens is 276 g/mol. The third-order valence-corrected chi connectivity index (χ3v) is 3.78. The molecule has 0 amide bonds. The second-order valence-electron chi connectivity index (χ2n) is 4.51. The highest BCUT2D eigenvalue weighted by Gasteiger charge is 2.06. The topological polar surface area (TPSA) is 9.23 Å². The van der Waals surface area contributed by atoms with Gasteiger partial charge in [0.25, 0.3) is 0 Å². The lowest BCUT2D eigenvalue weighted by atomic mass is 10.1. The molecule has 1 aromatic carbocycles. The fraction of sp³-hybridized carbons (Fsp3) is 0.600. The summed E-state index contributed by atoms with van der Waals surface area (Å²) >= 11 is 3.54. The van der Waals surface area contributed by atoms with Crippen LogP contribution in [0.3, 0.4) is 0 Å². The van der Waals surface area contributed by atoms with Crippen molar-refractivity contribution in [3.63, 3.8) is 0 Å². The highest BCUT2D eigenvalue weighted by atomic mass is 79.9. The zero-order valence-electron chi connectivity index (χ0n) is 10.9. The first kappa shape index (κ1) is 14.6. The van der Waals surface area contributed by atoms with Gasteiger partial charge in [-0.15, -0.1) is 0 Å². The number of halogens is 1. The van der Waals surface area contributed by atoms with Crippen LogP contribution in [0.4, 0.5) is 0 Å². The average Bonchev–Trinajstić information content (AvgIpc) is 2.36. The molecular formula is C15H23BrO. The van der Waals surface area contributed by atoms with Crippen LogP contribution < -0.4 is 4.74 Å². The summed E-state index contributed by atoms with van der Waals surface area (Å²) in [5, 5.41) is 1.02. The summed E-state index contributed by atoms with van der Waals surface area (Å²) in [6.45, 7) is 5.23. The summed E-state index contributed by atoms with van der Waals surface area (Å²) in [6, 6.07) is 8.51. The van der Waals surface area contributed by atoms with Gasteiger partial charge in [0.1, 0.15) is 5.75 Å². The van der Waals surface area contributed by atoms with Crippen LogP contribution in [0.1, 0.15) is 38.7 Å². The Kier molecular flexibility index (Phi) is 7.34. The van der Waals surface area contributed by atoms with Gasteiger partial charge in [-0.3, -0.25) is 0 Å². The normalized spacial score (nSPS) is 12.4. The molecule has 0 saturated heterocycles. The second kappa shape index (κ2) is 8.57. The molecule has 0 aliphatic carbocycles. The minimum Gasteiger partial charge on any atom is -0.493 e.